The van der Waals surface area contributed by atoms with E-state index in [2.05, 4.69) is 11.8 Å². The Labute approximate surface area is 88.5 Å². The van der Waals surface area contributed by atoms with Crippen molar-refractivity contribution in [2.45, 2.75) is 13.5 Å². The third-order valence-corrected chi connectivity index (χ3v) is 2.12. The average Bonchev–Trinajstić information content (AvgIpc) is 2.21. The van der Waals surface area contributed by atoms with E-state index < -0.39 is 0 Å². The second-order valence-electron chi connectivity index (χ2n) is 2.60. The Bertz CT molecular complexity index is 363. The van der Waals surface area contributed by atoms with Gasteiger partial charge < -0.3 is 9.84 Å². The molecule has 0 radical (unpaired) electrons. The van der Waals surface area contributed by atoms with E-state index in [1.165, 1.54) is 0 Å². The second kappa shape index (κ2) is 5.54. The van der Waals surface area contributed by atoms with Crippen molar-refractivity contribution in [1.82, 2.24) is 0 Å². The van der Waals surface area contributed by atoms with Gasteiger partial charge in [0, 0.05) is 0 Å². The molecule has 0 unspecified atom stereocenters. The molecule has 0 saturated carbocycles. The number of hydrogen-bond acceptors (Lipinski definition) is 2. The van der Waals surface area contributed by atoms with Crippen LogP contribution in [0.3, 0.4) is 0 Å². The number of rotatable bonds is 3. The summed E-state index contributed by atoms with van der Waals surface area (Å²) in [5, 5.41) is 9.40. The van der Waals surface area contributed by atoms with Gasteiger partial charge in [-0.25, -0.2) is 0 Å². The Morgan fingerprint density at radius 2 is 2.29 bits per heavy atom. The maximum atomic E-state index is 8.95. The first-order chi connectivity index (χ1) is 6.79. The summed E-state index contributed by atoms with van der Waals surface area (Å²) in [4.78, 5) is 0. The van der Waals surface area contributed by atoms with Crippen LogP contribution in [0.1, 0.15) is 12.5 Å². The SMILES string of the molecule is CC#CCOc1cccc(CO)c1Cl. The minimum atomic E-state index is -0.0878. The smallest absolute Gasteiger partial charge is 0.149 e. The first-order valence-corrected chi connectivity index (χ1v) is 4.58. The molecule has 0 bridgehead atoms. The zero-order chi connectivity index (χ0) is 10.4. The Kier molecular flexibility index (Phi) is 4.31. The molecule has 1 aromatic carbocycles. The summed E-state index contributed by atoms with van der Waals surface area (Å²) in [5.74, 6) is 6.04. The highest BCUT2D eigenvalue weighted by atomic mass is 35.5. The largest absolute Gasteiger partial charge is 0.479 e. The lowest BCUT2D eigenvalue weighted by Gasteiger charge is -2.07. The van der Waals surface area contributed by atoms with Gasteiger partial charge in [-0.1, -0.05) is 29.7 Å². The zero-order valence-electron chi connectivity index (χ0n) is 7.88. The first-order valence-electron chi connectivity index (χ1n) is 4.20. The van der Waals surface area contributed by atoms with E-state index in [4.69, 9.17) is 21.4 Å². The summed E-state index contributed by atoms with van der Waals surface area (Å²) in [7, 11) is 0. The van der Waals surface area contributed by atoms with Gasteiger partial charge in [0.15, 0.2) is 0 Å². The maximum Gasteiger partial charge on any atom is 0.149 e. The Balaban J connectivity index is 2.79. The zero-order valence-corrected chi connectivity index (χ0v) is 8.64. The molecule has 0 spiro atoms. The van der Waals surface area contributed by atoms with Crippen molar-refractivity contribution in [2.75, 3.05) is 6.61 Å². The van der Waals surface area contributed by atoms with Crippen molar-refractivity contribution in [1.29, 1.82) is 0 Å². The van der Waals surface area contributed by atoms with Crippen LogP contribution in [-0.4, -0.2) is 11.7 Å². The van der Waals surface area contributed by atoms with E-state index in [-0.39, 0.29) is 6.61 Å². The molecule has 0 atom stereocenters. The van der Waals surface area contributed by atoms with Crippen molar-refractivity contribution in [3.63, 3.8) is 0 Å². The molecule has 0 aliphatic rings. The molecular weight excluding hydrogens is 200 g/mol. The van der Waals surface area contributed by atoms with Crippen molar-refractivity contribution in [3.05, 3.63) is 28.8 Å². The quantitative estimate of drug-likeness (QED) is 0.776. The molecule has 0 saturated heterocycles. The van der Waals surface area contributed by atoms with Gasteiger partial charge >= 0.3 is 0 Å². The predicted octanol–water partition coefficient (Wildman–Crippen LogP) is 2.23. The summed E-state index contributed by atoms with van der Waals surface area (Å²) in [6, 6.07) is 5.28. The van der Waals surface area contributed by atoms with Crippen molar-refractivity contribution in [3.8, 4) is 17.6 Å². The summed E-state index contributed by atoms with van der Waals surface area (Å²) < 4.78 is 5.30. The van der Waals surface area contributed by atoms with Crippen LogP contribution in [0.2, 0.25) is 5.02 Å². The summed E-state index contributed by atoms with van der Waals surface area (Å²) in [6.07, 6.45) is 0. The monoisotopic (exact) mass is 210 g/mol. The molecule has 3 heteroatoms. The van der Waals surface area contributed by atoms with Gasteiger partial charge in [0.25, 0.3) is 0 Å². The molecule has 74 valence electrons. The van der Waals surface area contributed by atoms with Crippen molar-refractivity contribution < 1.29 is 9.84 Å². The van der Waals surface area contributed by atoms with Crippen molar-refractivity contribution in [2.24, 2.45) is 0 Å². The number of benzene rings is 1. The second-order valence-corrected chi connectivity index (χ2v) is 2.98. The summed E-state index contributed by atoms with van der Waals surface area (Å²) in [5.41, 5.74) is 0.661. The summed E-state index contributed by atoms with van der Waals surface area (Å²) >= 11 is 5.95. The van der Waals surface area contributed by atoms with Gasteiger partial charge in [0.1, 0.15) is 12.4 Å². The lowest BCUT2D eigenvalue weighted by Crippen LogP contribution is -1.96. The molecule has 1 N–H and O–H groups in total. The lowest BCUT2D eigenvalue weighted by molar-refractivity contribution is 0.280. The van der Waals surface area contributed by atoms with Gasteiger partial charge in [-0.3, -0.25) is 0 Å². The van der Waals surface area contributed by atoms with Crippen LogP contribution < -0.4 is 4.74 Å². The Morgan fingerprint density at radius 1 is 1.50 bits per heavy atom. The van der Waals surface area contributed by atoms with Crippen molar-refractivity contribution >= 4 is 11.6 Å². The van der Waals surface area contributed by atoms with Gasteiger partial charge in [0.2, 0.25) is 0 Å². The minimum Gasteiger partial charge on any atom is -0.479 e. The van der Waals surface area contributed by atoms with Crippen LogP contribution in [0, 0.1) is 11.8 Å². The van der Waals surface area contributed by atoms with Crippen LogP contribution in [0.25, 0.3) is 0 Å². The summed E-state index contributed by atoms with van der Waals surface area (Å²) in [6.45, 7) is 1.97. The molecule has 14 heavy (non-hydrogen) atoms. The fourth-order valence-corrected chi connectivity index (χ4v) is 1.22. The van der Waals surface area contributed by atoms with E-state index in [9.17, 15) is 0 Å². The third kappa shape index (κ3) is 2.66. The van der Waals surface area contributed by atoms with E-state index in [0.717, 1.165) is 0 Å². The third-order valence-electron chi connectivity index (χ3n) is 1.69. The number of aliphatic hydroxyl groups is 1. The molecule has 0 amide bonds. The number of halogens is 1. The molecule has 0 fully saturated rings. The highest BCUT2D eigenvalue weighted by molar-refractivity contribution is 6.32. The number of hydrogen-bond donors (Lipinski definition) is 1. The number of ether oxygens (including phenoxy) is 1. The van der Waals surface area contributed by atoms with Gasteiger partial charge in [-0.15, -0.1) is 5.92 Å². The lowest BCUT2D eigenvalue weighted by atomic mass is 10.2. The van der Waals surface area contributed by atoms with Gasteiger partial charge in [-0.2, -0.15) is 0 Å². The first kappa shape index (κ1) is 10.9. The Hall–Kier alpha value is -1.17. The molecule has 0 aromatic heterocycles. The maximum absolute atomic E-state index is 8.95. The Morgan fingerprint density at radius 3 is 2.93 bits per heavy atom. The van der Waals surface area contributed by atoms with Crippen LogP contribution in [0.5, 0.6) is 5.75 Å². The van der Waals surface area contributed by atoms with Crippen LogP contribution in [0.4, 0.5) is 0 Å². The standard InChI is InChI=1S/C11H11ClO2/c1-2-3-7-14-10-6-4-5-9(8-13)11(10)12/h4-6,13H,7-8H2,1H3. The molecule has 0 aliphatic heterocycles. The number of aliphatic hydroxyl groups excluding tert-OH is 1. The average molecular weight is 211 g/mol. The van der Waals surface area contributed by atoms with Crippen LogP contribution >= 0.6 is 11.6 Å². The fraction of sp³-hybridized carbons (Fsp3) is 0.273. The molecule has 2 nitrogen and oxygen atoms in total. The molecule has 1 aromatic rings. The van der Waals surface area contributed by atoms with Crippen LogP contribution in [0.15, 0.2) is 18.2 Å². The minimum absolute atomic E-state index is 0.0878. The van der Waals surface area contributed by atoms with E-state index in [0.29, 0.717) is 22.9 Å². The highest BCUT2D eigenvalue weighted by Crippen LogP contribution is 2.27. The highest BCUT2D eigenvalue weighted by Gasteiger charge is 2.04. The molecular formula is C11H11ClO2. The van der Waals surface area contributed by atoms with Gasteiger partial charge in [-0.05, 0) is 18.6 Å². The van der Waals surface area contributed by atoms with Crippen LogP contribution in [-0.2, 0) is 6.61 Å². The topological polar surface area (TPSA) is 29.5 Å². The van der Waals surface area contributed by atoms with E-state index in [1.54, 1.807) is 25.1 Å². The molecule has 1 rings (SSSR count). The van der Waals surface area contributed by atoms with E-state index >= 15 is 0 Å². The van der Waals surface area contributed by atoms with Gasteiger partial charge in [0.05, 0.1) is 11.6 Å². The normalized spacial score (nSPS) is 9.07. The fourth-order valence-electron chi connectivity index (χ4n) is 0.976. The molecule has 0 heterocycles. The molecule has 0 aliphatic carbocycles. The van der Waals surface area contributed by atoms with E-state index in [1.807, 2.05) is 0 Å². The predicted molar refractivity (Wildman–Crippen MR) is 56.3 cm³/mol.